The highest BCUT2D eigenvalue weighted by molar-refractivity contribution is 7.90. The molecule has 4 rings (SSSR count). The van der Waals surface area contributed by atoms with E-state index in [1.54, 1.807) is 12.1 Å². The van der Waals surface area contributed by atoms with Crippen LogP contribution < -0.4 is 0 Å². The number of halogens is 2. The summed E-state index contributed by atoms with van der Waals surface area (Å²) in [6.45, 7) is 0. The number of hydrogen-bond donors (Lipinski definition) is 0. The number of ether oxygens (including phenoxy) is 1. The normalized spacial score (nSPS) is 18.8. The molecule has 1 aliphatic heterocycles. The van der Waals surface area contributed by atoms with E-state index in [1.165, 1.54) is 18.2 Å². The first-order valence-corrected chi connectivity index (χ1v) is 10.8. The summed E-state index contributed by atoms with van der Waals surface area (Å²) in [5, 5.41) is 0. The van der Waals surface area contributed by atoms with Gasteiger partial charge in [-0.05, 0) is 61.1 Å². The Balaban J connectivity index is 1.94. The second-order valence-corrected chi connectivity index (χ2v) is 9.28. The van der Waals surface area contributed by atoms with Crippen molar-refractivity contribution < 1.29 is 26.7 Å². The van der Waals surface area contributed by atoms with Crippen LogP contribution in [-0.4, -0.2) is 26.2 Å². The molecule has 7 heteroatoms. The van der Waals surface area contributed by atoms with Gasteiger partial charge in [-0.25, -0.2) is 22.0 Å². The van der Waals surface area contributed by atoms with Gasteiger partial charge in [0.2, 0.25) is 0 Å². The Morgan fingerprint density at radius 2 is 1.54 bits per heavy atom. The zero-order valence-electron chi connectivity index (χ0n) is 15.2. The summed E-state index contributed by atoms with van der Waals surface area (Å²) in [5.74, 6) is -2.61. The van der Waals surface area contributed by atoms with Crippen LogP contribution in [0.2, 0.25) is 0 Å². The van der Waals surface area contributed by atoms with Crippen molar-refractivity contribution in [3.8, 4) is 0 Å². The first-order valence-electron chi connectivity index (χ1n) is 8.95. The number of esters is 1. The average molecular weight is 404 g/mol. The summed E-state index contributed by atoms with van der Waals surface area (Å²) >= 11 is 0. The van der Waals surface area contributed by atoms with Gasteiger partial charge in [0.25, 0.3) is 0 Å². The van der Waals surface area contributed by atoms with Gasteiger partial charge < -0.3 is 4.74 Å². The third-order valence-corrected chi connectivity index (χ3v) is 6.52. The van der Waals surface area contributed by atoms with Crippen LogP contribution in [0.1, 0.15) is 36.8 Å². The quantitative estimate of drug-likeness (QED) is 0.721. The zero-order chi connectivity index (χ0) is 20.1. The minimum Gasteiger partial charge on any atom is -0.451 e. The number of rotatable bonds is 3. The van der Waals surface area contributed by atoms with Gasteiger partial charge in [-0.15, -0.1) is 0 Å². The van der Waals surface area contributed by atoms with Crippen LogP contribution in [0.25, 0.3) is 11.1 Å². The fourth-order valence-corrected chi connectivity index (χ4v) is 4.73. The Bertz CT molecular complexity index is 1100. The fraction of sp³-hybridized carbons (Fsp3) is 0.286. The SMILES string of the molecule is CS(=O)(=O)c1ccc(C2=C(c3ccc(F)c(F)c3)C(=O)OC23CCCC3)cc1. The topological polar surface area (TPSA) is 60.4 Å². The Hall–Kier alpha value is -2.54. The lowest BCUT2D eigenvalue weighted by atomic mass is 9.83. The largest absolute Gasteiger partial charge is 0.451 e. The van der Waals surface area contributed by atoms with E-state index in [-0.39, 0.29) is 16.0 Å². The Morgan fingerprint density at radius 1 is 0.929 bits per heavy atom. The van der Waals surface area contributed by atoms with Gasteiger partial charge >= 0.3 is 5.97 Å². The summed E-state index contributed by atoms with van der Waals surface area (Å²) in [4.78, 5) is 12.9. The van der Waals surface area contributed by atoms with Gasteiger partial charge in [-0.3, -0.25) is 0 Å². The molecule has 1 aliphatic carbocycles. The van der Waals surface area contributed by atoms with Crippen LogP contribution >= 0.6 is 0 Å². The molecule has 1 heterocycles. The van der Waals surface area contributed by atoms with E-state index < -0.39 is 33.0 Å². The van der Waals surface area contributed by atoms with Crippen LogP contribution in [0.4, 0.5) is 8.78 Å². The Kier molecular flexibility index (Phi) is 4.38. The molecule has 0 saturated heterocycles. The van der Waals surface area contributed by atoms with Crippen molar-refractivity contribution in [1.82, 2.24) is 0 Å². The van der Waals surface area contributed by atoms with Gasteiger partial charge in [-0.1, -0.05) is 18.2 Å². The molecule has 2 aliphatic rings. The molecule has 0 bridgehead atoms. The molecule has 1 saturated carbocycles. The molecule has 0 aromatic heterocycles. The van der Waals surface area contributed by atoms with Gasteiger partial charge in [0.15, 0.2) is 21.5 Å². The summed E-state index contributed by atoms with van der Waals surface area (Å²) in [6, 6.07) is 9.55. The maximum absolute atomic E-state index is 13.8. The molecule has 4 nitrogen and oxygen atoms in total. The molecule has 0 unspecified atom stereocenters. The fourth-order valence-electron chi connectivity index (χ4n) is 4.10. The standard InChI is InChI=1S/C21H18F2O4S/c1-28(25,26)15-7-4-13(5-8-15)19-18(14-6-9-16(22)17(23)12-14)20(24)27-21(19)10-2-3-11-21/h4-9,12H,2-3,10-11H2,1H3. The smallest absolute Gasteiger partial charge is 0.340 e. The van der Waals surface area contributed by atoms with E-state index in [0.29, 0.717) is 24.0 Å². The minimum absolute atomic E-state index is 0.164. The molecule has 0 amide bonds. The van der Waals surface area contributed by atoms with Crippen LogP contribution in [0.3, 0.4) is 0 Å². The highest BCUT2D eigenvalue weighted by Crippen LogP contribution is 2.52. The molecule has 0 N–H and O–H groups in total. The predicted octanol–water partition coefficient (Wildman–Crippen LogP) is 4.15. The Morgan fingerprint density at radius 3 is 2.11 bits per heavy atom. The molecule has 1 spiro atoms. The predicted molar refractivity (Wildman–Crippen MR) is 100 cm³/mol. The molecule has 2 aromatic rings. The summed E-state index contributed by atoms with van der Waals surface area (Å²) in [5.41, 5.74) is 0.882. The average Bonchev–Trinajstić information content (AvgIpc) is 3.21. The van der Waals surface area contributed by atoms with Crippen molar-refractivity contribution in [3.63, 3.8) is 0 Å². The highest BCUT2D eigenvalue weighted by Gasteiger charge is 2.50. The molecular weight excluding hydrogens is 386 g/mol. The van der Waals surface area contributed by atoms with Crippen LogP contribution in [-0.2, 0) is 19.4 Å². The first kappa shape index (κ1) is 18.8. The van der Waals surface area contributed by atoms with Crippen molar-refractivity contribution >= 4 is 27.0 Å². The van der Waals surface area contributed by atoms with Crippen LogP contribution in [0.15, 0.2) is 47.4 Å². The molecule has 0 radical (unpaired) electrons. The number of carbonyl (C=O) groups is 1. The van der Waals surface area contributed by atoms with Gasteiger partial charge in [0.05, 0.1) is 10.5 Å². The summed E-state index contributed by atoms with van der Waals surface area (Å²) in [6.07, 6.45) is 4.14. The first-order chi connectivity index (χ1) is 13.2. The maximum atomic E-state index is 13.8. The molecule has 2 aromatic carbocycles. The number of sulfone groups is 1. The molecule has 1 fully saturated rings. The van der Waals surface area contributed by atoms with Crippen LogP contribution in [0, 0.1) is 11.6 Å². The minimum atomic E-state index is -3.36. The lowest BCUT2D eigenvalue weighted by Crippen LogP contribution is -2.27. The van der Waals surface area contributed by atoms with Gasteiger partial charge in [-0.2, -0.15) is 0 Å². The van der Waals surface area contributed by atoms with Crippen molar-refractivity contribution in [2.45, 2.75) is 36.2 Å². The van der Waals surface area contributed by atoms with E-state index in [1.807, 2.05) is 0 Å². The molecule has 28 heavy (non-hydrogen) atoms. The zero-order valence-corrected chi connectivity index (χ0v) is 16.0. The van der Waals surface area contributed by atoms with Crippen molar-refractivity contribution in [2.24, 2.45) is 0 Å². The second-order valence-electron chi connectivity index (χ2n) is 7.27. The molecule has 146 valence electrons. The monoisotopic (exact) mass is 404 g/mol. The third kappa shape index (κ3) is 3.03. The Labute approximate surface area is 161 Å². The third-order valence-electron chi connectivity index (χ3n) is 5.39. The lowest BCUT2D eigenvalue weighted by molar-refractivity contribution is -0.143. The highest BCUT2D eigenvalue weighted by atomic mass is 32.2. The van der Waals surface area contributed by atoms with Gasteiger partial charge in [0, 0.05) is 11.8 Å². The lowest BCUT2D eigenvalue weighted by Gasteiger charge is -2.26. The van der Waals surface area contributed by atoms with Crippen molar-refractivity contribution in [2.75, 3.05) is 6.26 Å². The second kappa shape index (κ2) is 6.51. The number of carbonyl (C=O) groups excluding carboxylic acids is 1. The van der Waals surface area contributed by atoms with Gasteiger partial charge in [0.1, 0.15) is 5.60 Å². The van der Waals surface area contributed by atoms with Crippen molar-refractivity contribution in [1.29, 1.82) is 0 Å². The number of benzene rings is 2. The van der Waals surface area contributed by atoms with Crippen molar-refractivity contribution in [3.05, 3.63) is 65.2 Å². The summed E-state index contributed by atoms with van der Waals surface area (Å²) in [7, 11) is -3.36. The molecule has 0 atom stereocenters. The van der Waals surface area contributed by atoms with E-state index in [2.05, 4.69) is 0 Å². The van der Waals surface area contributed by atoms with E-state index >= 15 is 0 Å². The van der Waals surface area contributed by atoms with E-state index in [4.69, 9.17) is 4.74 Å². The summed E-state index contributed by atoms with van der Waals surface area (Å²) < 4.78 is 56.5. The molecular formula is C21H18F2O4S. The van der Waals surface area contributed by atoms with E-state index in [9.17, 15) is 22.0 Å². The number of hydrogen-bond acceptors (Lipinski definition) is 4. The van der Waals surface area contributed by atoms with Crippen LogP contribution in [0.5, 0.6) is 0 Å². The maximum Gasteiger partial charge on any atom is 0.340 e. The van der Waals surface area contributed by atoms with E-state index in [0.717, 1.165) is 31.2 Å².